The standard InChI is InChI=1S/C12H14F3N5O2/c1-4-20(6-8-7(2)17-22-18-8)11(21)9-5-10(12(13,14)15)16-19(9)3/h5H,4,6H2,1-3H3. The molecule has 0 N–H and O–H groups in total. The number of hydrogen-bond acceptors (Lipinski definition) is 5. The molecule has 2 rings (SSSR count). The van der Waals surface area contributed by atoms with Crippen LogP contribution in [0.4, 0.5) is 13.2 Å². The molecule has 0 aliphatic carbocycles. The van der Waals surface area contributed by atoms with Crippen LogP contribution in [0.1, 0.15) is 34.5 Å². The lowest BCUT2D eigenvalue weighted by Gasteiger charge is -2.19. The second-order valence-corrected chi connectivity index (χ2v) is 4.65. The number of halogens is 3. The molecule has 2 heterocycles. The van der Waals surface area contributed by atoms with Gasteiger partial charge in [0.1, 0.15) is 17.1 Å². The van der Waals surface area contributed by atoms with Crippen molar-refractivity contribution in [2.24, 2.45) is 7.05 Å². The molecular formula is C12H14F3N5O2. The molecule has 120 valence electrons. The number of carbonyl (C=O) groups is 1. The Morgan fingerprint density at radius 2 is 2.09 bits per heavy atom. The van der Waals surface area contributed by atoms with Crippen molar-refractivity contribution in [3.05, 3.63) is 28.8 Å². The maximum Gasteiger partial charge on any atom is 0.435 e. The molecule has 0 aliphatic rings. The highest BCUT2D eigenvalue weighted by Crippen LogP contribution is 2.28. The summed E-state index contributed by atoms with van der Waals surface area (Å²) in [6.07, 6.45) is -4.60. The molecule has 0 fully saturated rings. The van der Waals surface area contributed by atoms with Crippen LogP contribution in [0.3, 0.4) is 0 Å². The smallest absolute Gasteiger partial charge is 0.331 e. The molecule has 0 aromatic carbocycles. The van der Waals surface area contributed by atoms with Gasteiger partial charge in [0.25, 0.3) is 5.91 Å². The number of alkyl halides is 3. The third-order valence-electron chi connectivity index (χ3n) is 3.15. The molecule has 0 unspecified atom stereocenters. The zero-order valence-electron chi connectivity index (χ0n) is 12.2. The van der Waals surface area contributed by atoms with Crippen LogP contribution in [0.15, 0.2) is 10.7 Å². The van der Waals surface area contributed by atoms with Crippen LogP contribution in [0.5, 0.6) is 0 Å². The first-order valence-corrected chi connectivity index (χ1v) is 6.42. The molecule has 0 saturated heterocycles. The zero-order chi connectivity index (χ0) is 16.5. The first-order chi connectivity index (χ1) is 10.2. The van der Waals surface area contributed by atoms with Crippen LogP contribution in [-0.2, 0) is 19.8 Å². The van der Waals surface area contributed by atoms with Gasteiger partial charge in [0.15, 0.2) is 5.69 Å². The molecule has 2 aromatic heterocycles. The predicted octanol–water partition coefficient (Wildman–Crippen LogP) is 1.79. The van der Waals surface area contributed by atoms with Crippen LogP contribution in [0.25, 0.3) is 0 Å². The van der Waals surface area contributed by atoms with Gasteiger partial charge in [0, 0.05) is 19.7 Å². The Labute approximate surface area is 123 Å². The molecule has 0 radical (unpaired) electrons. The van der Waals surface area contributed by atoms with Gasteiger partial charge >= 0.3 is 6.18 Å². The van der Waals surface area contributed by atoms with Crippen molar-refractivity contribution in [3.63, 3.8) is 0 Å². The summed E-state index contributed by atoms with van der Waals surface area (Å²) >= 11 is 0. The van der Waals surface area contributed by atoms with Gasteiger partial charge < -0.3 is 4.90 Å². The Morgan fingerprint density at radius 3 is 2.55 bits per heavy atom. The molecule has 0 saturated carbocycles. The lowest BCUT2D eigenvalue weighted by Crippen LogP contribution is -2.32. The fraction of sp³-hybridized carbons (Fsp3) is 0.500. The van der Waals surface area contributed by atoms with Crippen molar-refractivity contribution >= 4 is 5.91 Å². The van der Waals surface area contributed by atoms with Crippen molar-refractivity contribution < 1.29 is 22.6 Å². The summed E-state index contributed by atoms with van der Waals surface area (Å²) in [4.78, 5) is 13.7. The van der Waals surface area contributed by atoms with Crippen LogP contribution >= 0.6 is 0 Å². The van der Waals surface area contributed by atoms with E-state index in [0.29, 0.717) is 11.4 Å². The van der Waals surface area contributed by atoms with E-state index >= 15 is 0 Å². The lowest BCUT2D eigenvalue weighted by molar-refractivity contribution is -0.141. The van der Waals surface area contributed by atoms with Gasteiger partial charge in [-0.05, 0) is 13.8 Å². The molecule has 0 spiro atoms. The normalized spacial score (nSPS) is 11.7. The van der Waals surface area contributed by atoms with Crippen LogP contribution in [-0.4, -0.2) is 37.4 Å². The molecule has 10 heteroatoms. The van der Waals surface area contributed by atoms with Gasteiger partial charge in [-0.15, -0.1) is 0 Å². The highest BCUT2D eigenvalue weighted by atomic mass is 19.4. The highest BCUT2D eigenvalue weighted by Gasteiger charge is 2.36. The van der Waals surface area contributed by atoms with Gasteiger partial charge in [-0.3, -0.25) is 9.48 Å². The molecule has 1 amide bonds. The largest absolute Gasteiger partial charge is 0.435 e. The first-order valence-electron chi connectivity index (χ1n) is 6.42. The van der Waals surface area contributed by atoms with Crippen molar-refractivity contribution in [3.8, 4) is 0 Å². The van der Waals surface area contributed by atoms with E-state index in [1.807, 2.05) is 0 Å². The molecule has 0 bridgehead atoms. The predicted molar refractivity (Wildman–Crippen MR) is 67.7 cm³/mol. The van der Waals surface area contributed by atoms with Gasteiger partial charge in [-0.25, -0.2) is 4.63 Å². The Hall–Kier alpha value is -2.39. The number of nitrogens with zero attached hydrogens (tertiary/aromatic N) is 5. The van der Waals surface area contributed by atoms with Gasteiger partial charge in [0.2, 0.25) is 0 Å². The van der Waals surface area contributed by atoms with E-state index < -0.39 is 17.8 Å². The Bertz CT molecular complexity index is 677. The molecular weight excluding hydrogens is 303 g/mol. The van der Waals surface area contributed by atoms with Crippen LogP contribution in [0.2, 0.25) is 0 Å². The second-order valence-electron chi connectivity index (χ2n) is 4.65. The Kier molecular flexibility index (Phi) is 4.20. The fourth-order valence-corrected chi connectivity index (χ4v) is 1.87. The van der Waals surface area contributed by atoms with Crippen molar-refractivity contribution in [2.45, 2.75) is 26.6 Å². The SMILES string of the molecule is CCN(Cc1nonc1C)C(=O)c1cc(C(F)(F)F)nn1C. The lowest BCUT2D eigenvalue weighted by atomic mass is 10.2. The number of carbonyl (C=O) groups excluding carboxylic acids is 1. The van der Waals surface area contributed by atoms with E-state index in [-0.39, 0.29) is 18.8 Å². The highest BCUT2D eigenvalue weighted by molar-refractivity contribution is 5.92. The van der Waals surface area contributed by atoms with E-state index in [2.05, 4.69) is 20.0 Å². The summed E-state index contributed by atoms with van der Waals surface area (Å²) in [5.74, 6) is -0.574. The Balaban J connectivity index is 2.25. The minimum atomic E-state index is -4.60. The second kappa shape index (κ2) is 5.78. The van der Waals surface area contributed by atoms with E-state index in [9.17, 15) is 18.0 Å². The minimum Gasteiger partial charge on any atom is -0.331 e. The van der Waals surface area contributed by atoms with Gasteiger partial charge in [-0.1, -0.05) is 10.3 Å². The minimum absolute atomic E-state index is 0.0944. The number of rotatable bonds is 4. The third-order valence-corrected chi connectivity index (χ3v) is 3.15. The van der Waals surface area contributed by atoms with Gasteiger partial charge in [-0.2, -0.15) is 18.3 Å². The zero-order valence-corrected chi connectivity index (χ0v) is 12.2. The number of amides is 1. The fourth-order valence-electron chi connectivity index (χ4n) is 1.87. The average molecular weight is 317 g/mol. The monoisotopic (exact) mass is 317 g/mol. The third kappa shape index (κ3) is 3.10. The molecule has 2 aromatic rings. The van der Waals surface area contributed by atoms with Crippen molar-refractivity contribution in [1.29, 1.82) is 0 Å². The van der Waals surface area contributed by atoms with E-state index in [4.69, 9.17) is 0 Å². The first kappa shape index (κ1) is 16.0. The summed E-state index contributed by atoms with van der Waals surface area (Å²) in [5.41, 5.74) is -0.280. The van der Waals surface area contributed by atoms with Crippen LogP contribution in [0, 0.1) is 6.92 Å². The van der Waals surface area contributed by atoms with Crippen LogP contribution < -0.4 is 0 Å². The number of aromatic nitrogens is 4. The van der Waals surface area contributed by atoms with E-state index in [1.165, 1.54) is 11.9 Å². The summed E-state index contributed by atoms with van der Waals surface area (Å²) in [6, 6.07) is 0.735. The maximum atomic E-state index is 12.7. The average Bonchev–Trinajstić information content (AvgIpc) is 3.01. The molecule has 7 nitrogen and oxygen atoms in total. The molecule has 22 heavy (non-hydrogen) atoms. The summed E-state index contributed by atoms with van der Waals surface area (Å²) in [5, 5.41) is 10.6. The molecule has 0 atom stereocenters. The number of hydrogen-bond donors (Lipinski definition) is 0. The maximum absolute atomic E-state index is 12.7. The molecule has 0 aliphatic heterocycles. The Morgan fingerprint density at radius 1 is 1.41 bits per heavy atom. The van der Waals surface area contributed by atoms with E-state index in [1.54, 1.807) is 13.8 Å². The quantitative estimate of drug-likeness (QED) is 0.859. The van der Waals surface area contributed by atoms with Gasteiger partial charge in [0.05, 0.1) is 6.54 Å². The topological polar surface area (TPSA) is 77.1 Å². The summed E-state index contributed by atoms with van der Waals surface area (Å²) in [7, 11) is 1.29. The summed E-state index contributed by atoms with van der Waals surface area (Å²) in [6.45, 7) is 3.76. The number of aryl methyl sites for hydroxylation is 2. The van der Waals surface area contributed by atoms with E-state index in [0.717, 1.165) is 10.7 Å². The van der Waals surface area contributed by atoms with Crippen molar-refractivity contribution in [2.75, 3.05) is 6.54 Å². The van der Waals surface area contributed by atoms with Crippen molar-refractivity contribution in [1.82, 2.24) is 25.0 Å². The summed E-state index contributed by atoms with van der Waals surface area (Å²) < 4.78 is 43.4.